The molecule has 17 rings (SSSR count). The normalized spacial score (nSPS) is 35.4. The summed E-state index contributed by atoms with van der Waals surface area (Å²) in [6.07, 6.45) is 23.6. The number of aliphatic hydroxyl groups is 1. The van der Waals surface area contributed by atoms with Crippen LogP contribution >= 0.6 is 0 Å². The van der Waals surface area contributed by atoms with Crippen LogP contribution in [0.1, 0.15) is 135 Å². The number of fused-ring (bicyclic) bond motifs is 8. The molecule has 19 heteroatoms. The van der Waals surface area contributed by atoms with Crippen LogP contribution in [0.15, 0.2) is 138 Å². The van der Waals surface area contributed by atoms with Gasteiger partial charge in [0.25, 0.3) is 0 Å². The molecule has 98 heavy (non-hydrogen) atoms. The number of aromatic hydroxyl groups is 3. The molecule has 6 aliphatic heterocycles. The van der Waals surface area contributed by atoms with Crippen LogP contribution in [0.25, 0.3) is 10.9 Å². The number of H-pyrrole nitrogens is 1. The van der Waals surface area contributed by atoms with Gasteiger partial charge in [0.05, 0.1) is 47.5 Å². The van der Waals surface area contributed by atoms with Crippen molar-refractivity contribution in [1.82, 2.24) is 41.1 Å². The molecule has 19 atom stereocenters. The highest BCUT2D eigenvalue weighted by atomic mass is 16.6. The number of hydrogen-bond acceptors (Lipinski definition) is 17. The van der Waals surface area contributed by atoms with Gasteiger partial charge in [0.2, 0.25) is 5.75 Å². The average Bonchev–Trinajstić information content (AvgIpc) is 1.34. The molecule has 6 aromatic rings. The number of benzene rings is 3. The van der Waals surface area contributed by atoms with Crippen molar-refractivity contribution in [3.63, 3.8) is 0 Å². The molecule has 9 bridgehead atoms. The number of nitrogens with zero attached hydrogens (tertiary/aromatic N) is 3. The maximum Gasteiger partial charge on any atom is 0.302 e. The molecule has 5 fully saturated rings. The van der Waals surface area contributed by atoms with Crippen molar-refractivity contribution >= 4 is 22.8 Å². The molecule has 19 nitrogen and oxygen atoms in total. The molecule has 3 aromatic heterocycles. The van der Waals surface area contributed by atoms with Gasteiger partial charge in [0, 0.05) is 111 Å². The first-order valence-corrected chi connectivity index (χ1v) is 35.7. The lowest BCUT2D eigenvalue weighted by molar-refractivity contribution is -0.197. The lowest BCUT2D eigenvalue weighted by Gasteiger charge is -2.59. The van der Waals surface area contributed by atoms with Gasteiger partial charge in [-0.05, 0) is 169 Å². The van der Waals surface area contributed by atoms with Crippen LogP contribution < -0.4 is 41.8 Å². The Bertz CT molecular complexity index is 4340. The monoisotopic (exact) mass is 1320 g/mol. The fraction of sp³-hybridized carbons (Fsp3) is 0.481. The minimum atomic E-state index is -1.13. The summed E-state index contributed by atoms with van der Waals surface area (Å²) < 4.78 is 30.3. The van der Waals surface area contributed by atoms with Gasteiger partial charge in [0.1, 0.15) is 24.6 Å². The smallest absolute Gasteiger partial charge is 0.302 e. The highest BCUT2D eigenvalue weighted by Crippen LogP contribution is 2.65. The lowest BCUT2D eigenvalue weighted by Crippen LogP contribution is -2.76. The van der Waals surface area contributed by atoms with Crippen LogP contribution in [0.5, 0.6) is 28.7 Å². The topological polar surface area (TPSA) is 267 Å². The lowest BCUT2D eigenvalue weighted by atomic mass is 9.57. The first kappa shape index (κ1) is 62.7. The number of aromatic nitrogens is 3. The van der Waals surface area contributed by atoms with Crippen molar-refractivity contribution in [2.45, 2.75) is 157 Å². The zero-order valence-electron chi connectivity index (χ0n) is 55.6. The summed E-state index contributed by atoms with van der Waals surface area (Å²) in [5.41, 5.74) is 12.9. The van der Waals surface area contributed by atoms with E-state index in [4.69, 9.17) is 29.7 Å². The number of aromatic amines is 1. The van der Waals surface area contributed by atoms with Crippen molar-refractivity contribution in [2.75, 3.05) is 26.7 Å². The van der Waals surface area contributed by atoms with Gasteiger partial charge < -0.3 is 75.9 Å². The van der Waals surface area contributed by atoms with Gasteiger partial charge in [0.15, 0.2) is 29.0 Å². The van der Waals surface area contributed by atoms with Gasteiger partial charge >= 0.3 is 5.97 Å². The molecule has 9 heterocycles. The predicted molar refractivity (Wildman–Crippen MR) is 370 cm³/mol. The molecule has 3 saturated carbocycles. The quantitative estimate of drug-likeness (QED) is 0.0264. The second-order valence-electron chi connectivity index (χ2n) is 30.1. The number of aliphatic hydroxyl groups excluding tert-OH is 1. The van der Waals surface area contributed by atoms with Crippen LogP contribution in [-0.4, -0.2) is 110 Å². The largest absolute Gasteiger partial charge is 0.504 e. The maximum absolute atomic E-state index is 14.0. The molecule has 0 amide bonds. The van der Waals surface area contributed by atoms with Crippen molar-refractivity contribution < 1.29 is 44.2 Å². The summed E-state index contributed by atoms with van der Waals surface area (Å²) in [5, 5.41) is 70.0. The molecule has 12 N–H and O–H groups in total. The number of rotatable bonds is 10. The van der Waals surface area contributed by atoms with E-state index in [1.165, 1.54) is 35.3 Å². The van der Waals surface area contributed by atoms with E-state index in [0.717, 1.165) is 73.4 Å². The maximum atomic E-state index is 14.0. The fourth-order valence-electron chi connectivity index (χ4n) is 20.4. The van der Waals surface area contributed by atoms with Gasteiger partial charge in [-0.15, -0.1) is 5.92 Å². The molecule has 508 valence electrons. The third kappa shape index (κ3) is 10.9. The third-order valence-electron chi connectivity index (χ3n) is 24.5. The van der Waals surface area contributed by atoms with E-state index in [-0.39, 0.29) is 65.5 Å². The number of phenolic OH excluding ortho intramolecular Hbond substituents is 3. The van der Waals surface area contributed by atoms with Crippen molar-refractivity contribution in [3.8, 4) is 52.4 Å². The number of pyridine rings is 1. The van der Waals surface area contributed by atoms with E-state index in [1.54, 1.807) is 24.5 Å². The number of carbonyl (C=O) groups excluding carboxylic acids is 1. The van der Waals surface area contributed by atoms with E-state index in [1.807, 2.05) is 30.5 Å². The minimum Gasteiger partial charge on any atom is -0.504 e. The summed E-state index contributed by atoms with van der Waals surface area (Å²) in [5.74, 6) is 14.4. The van der Waals surface area contributed by atoms with Crippen LogP contribution in [0.4, 0.5) is 0 Å². The van der Waals surface area contributed by atoms with Crippen LogP contribution in [0, 0.1) is 75.9 Å². The number of nitrogens with one attached hydrogen (secondary N) is 6. The van der Waals surface area contributed by atoms with Crippen LogP contribution in [0.3, 0.4) is 0 Å². The first-order valence-electron chi connectivity index (χ1n) is 35.7. The molecule has 5 aliphatic carbocycles. The Hall–Kier alpha value is -8.85. The summed E-state index contributed by atoms with van der Waals surface area (Å²) in [6.45, 7) is 2.79. The highest BCUT2D eigenvalue weighted by molar-refractivity contribution is 5.83. The van der Waals surface area contributed by atoms with E-state index in [2.05, 4.69) is 133 Å². The summed E-state index contributed by atoms with van der Waals surface area (Å²) in [6, 6.07) is 21.7. The molecule has 2 saturated heterocycles. The van der Waals surface area contributed by atoms with E-state index < -0.39 is 83.2 Å². The predicted octanol–water partition coefficient (Wildman–Crippen LogP) is 9.39. The number of esters is 1. The second-order valence-corrected chi connectivity index (χ2v) is 30.1. The van der Waals surface area contributed by atoms with Crippen molar-refractivity contribution in [2.24, 2.45) is 63.0 Å². The zero-order chi connectivity index (χ0) is 66.6. The van der Waals surface area contributed by atoms with Gasteiger partial charge in [-0.2, -0.15) is 0 Å². The molecule has 19 unspecified atom stereocenters. The van der Waals surface area contributed by atoms with E-state index in [0.29, 0.717) is 74.2 Å². The molecule has 11 aliphatic rings. The Morgan fingerprint density at radius 3 is 2.74 bits per heavy atom. The minimum absolute atomic E-state index is 0.00542. The second kappa shape index (κ2) is 24.8. The molecule has 1 spiro atoms. The Labute approximate surface area is 571 Å². The molecular weight excluding hydrogens is 1230 g/mol. The molecular formula is C79H88N10O9. The Morgan fingerprint density at radius 1 is 0.980 bits per heavy atom. The Kier molecular flexibility index (Phi) is 15.9. The average molecular weight is 1320 g/mol. The van der Waals surface area contributed by atoms with E-state index in [9.17, 15) is 25.2 Å². The molecule has 0 radical (unpaired) electrons. The number of nitrogens with two attached hydrogens (primary N) is 1. The molecule has 3 aromatic carbocycles. The van der Waals surface area contributed by atoms with Crippen LogP contribution in [-0.2, 0) is 33.5 Å². The van der Waals surface area contributed by atoms with Crippen molar-refractivity contribution in [3.05, 3.63) is 167 Å². The number of aliphatic imine (C=N–C) groups is 1. The van der Waals surface area contributed by atoms with E-state index >= 15 is 0 Å². The van der Waals surface area contributed by atoms with Gasteiger partial charge in [-0.1, -0.05) is 79.2 Å². The number of carbonyl (C=O) groups is 1. The first-order chi connectivity index (χ1) is 47.7. The summed E-state index contributed by atoms with van der Waals surface area (Å²) in [4.78, 5) is 27.2. The number of allylic oxidation sites excluding steroid dienone is 3. The Morgan fingerprint density at radius 2 is 1.89 bits per heavy atom. The number of dihydropyridines is 1. The standard InChI is InChI=1S/C79H88N10O9/c1-44(90)96-63-36-62(52-34-61(92)72(93)66(35-52)95-29-23-45-8-7-26-82-40-45)98-73-56(63)17-15-53-16-18-57-64-32-48-30-50-10-5-12-54-55-20-25-77(69(55)71(81-2)68(50)54,37-47-21-27-84-67(80)33-47)43-85-76-87-74(89-41-51-22-28-83-59(51)42-89)70(79(57,39-48)88-76)75(94)86-58-13-4-3-9-49(58)11-6-24-78(53,73)38-46-14-19-60(91)65(31-46)97-64/h5,7-8,10,12,14-15,17,19,21-22,26,28,31,33-35,40-42,48-49,53,55-58,62-64,69-71,73-75,81,83-84,86,91-94H,3-4,9,13,20,23-25,27,29-30,32,36-39,43,80H2,1-2H3,(H2,85,87,88). The van der Waals surface area contributed by atoms with Crippen LogP contribution in [0.2, 0.25) is 0 Å². The summed E-state index contributed by atoms with van der Waals surface area (Å²) >= 11 is 0. The number of phenols is 3. The van der Waals surface area contributed by atoms with Crippen molar-refractivity contribution in [1.29, 1.82) is 0 Å². The summed E-state index contributed by atoms with van der Waals surface area (Å²) in [7, 11) is 2.13. The SMILES string of the molecule is CNC1c2c3cccc2C2CCC(CC4=CCNC(N)=C4)(CN=C4NC(n5cc6cc[nH]c6c5)C5C(O)NC6CCCCC6C#CCC67Cc8ccc(O)c(c8)OC8CC(C3)CC5(N4)C8C#CC6C=CC3C(OC(C)=O)CC(c4cc(O)c(O)c(OCCc5cccnc5)c4)OC37)C21. The zero-order valence-corrected chi connectivity index (χ0v) is 55.6. The third-order valence-corrected chi connectivity index (χ3v) is 24.5. The number of ether oxygens (including phenoxy) is 4. The number of hydrogen-bond donors (Lipinski definition) is 11. The van der Waals surface area contributed by atoms with Gasteiger partial charge in [-0.25, -0.2) is 0 Å². The highest BCUT2D eigenvalue weighted by Gasteiger charge is 2.64. The Balaban J connectivity index is 0.870. The fourth-order valence-corrected chi connectivity index (χ4v) is 20.4. The number of guanidine groups is 1. The van der Waals surface area contributed by atoms with Gasteiger partial charge in [-0.3, -0.25) is 20.1 Å².